The number of carbonyl (C=O) groups is 2. The first-order valence-electron chi connectivity index (χ1n) is 8.08. The van der Waals surface area contributed by atoms with Gasteiger partial charge in [0.2, 0.25) is 0 Å². The van der Waals surface area contributed by atoms with Gasteiger partial charge in [-0.1, -0.05) is 12.1 Å². The summed E-state index contributed by atoms with van der Waals surface area (Å²) >= 11 is 3.30. The van der Waals surface area contributed by atoms with Gasteiger partial charge < -0.3 is 19.5 Å². The summed E-state index contributed by atoms with van der Waals surface area (Å²) in [4.78, 5) is 34.6. The van der Waals surface area contributed by atoms with Crippen molar-refractivity contribution < 1.29 is 28.7 Å². The van der Waals surface area contributed by atoms with Crippen LogP contribution in [-0.2, 0) is 9.53 Å². The van der Waals surface area contributed by atoms with Gasteiger partial charge in [0, 0.05) is 6.07 Å². The number of nitrogens with zero attached hydrogens (tertiary/aromatic N) is 1. The molecule has 0 aromatic heterocycles. The molecule has 0 aliphatic heterocycles. The third-order valence-corrected chi connectivity index (χ3v) is 4.05. The Balaban J connectivity index is 2.05. The highest BCUT2D eigenvalue weighted by Gasteiger charge is 2.19. The number of para-hydroxylation sites is 2. The number of ether oxygens (including phenoxy) is 3. The fourth-order valence-corrected chi connectivity index (χ4v) is 2.82. The second-order valence-electron chi connectivity index (χ2n) is 5.32. The smallest absolute Gasteiger partial charge is 0.338 e. The highest BCUT2D eigenvalue weighted by atomic mass is 79.9. The predicted octanol–water partition coefficient (Wildman–Crippen LogP) is 3.56. The lowest BCUT2D eigenvalue weighted by Gasteiger charge is -2.13. The number of halogens is 1. The number of anilines is 1. The molecule has 0 spiro atoms. The van der Waals surface area contributed by atoms with Crippen molar-refractivity contribution >= 4 is 39.2 Å². The third kappa shape index (κ3) is 5.19. The molecule has 0 fully saturated rings. The summed E-state index contributed by atoms with van der Waals surface area (Å²) in [7, 11) is 1.43. The first-order valence-corrected chi connectivity index (χ1v) is 8.87. The lowest BCUT2D eigenvalue weighted by atomic mass is 10.2. The first kappa shape index (κ1) is 21.2. The van der Waals surface area contributed by atoms with Gasteiger partial charge in [-0.2, -0.15) is 0 Å². The first-order chi connectivity index (χ1) is 13.4. The van der Waals surface area contributed by atoms with Crippen LogP contribution in [0.2, 0.25) is 0 Å². The average Bonchev–Trinajstić information content (AvgIpc) is 2.67. The van der Waals surface area contributed by atoms with E-state index in [2.05, 4.69) is 21.2 Å². The van der Waals surface area contributed by atoms with Crippen LogP contribution < -0.4 is 14.8 Å². The Morgan fingerprint density at radius 3 is 2.61 bits per heavy atom. The van der Waals surface area contributed by atoms with Crippen LogP contribution in [-0.4, -0.2) is 37.1 Å². The zero-order chi connectivity index (χ0) is 20.7. The fraction of sp³-hybridized carbons (Fsp3) is 0.222. The monoisotopic (exact) mass is 452 g/mol. The number of nitro groups is 1. The number of hydrogen-bond donors (Lipinski definition) is 1. The molecule has 9 nitrogen and oxygen atoms in total. The van der Waals surface area contributed by atoms with Crippen molar-refractivity contribution in [2.24, 2.45) is 0 Å². The molecular formula is C18H17BrN2O7. The molecule has 0 radical (unpaired) electrons. The van der Waals surface area contributed by atoms with Crippen LogP contribution in [0.1, 0.15) is 17.3 Å². The van der Waals surface area contributed by atoms with E-state index < -0.39 is 23.4 Å². The predicted molar refractivity (Wildman–Crippen MR) is 104 cm³/mol. The standard InChI is InChI=1S/C18H17BrN2O7/c1-3-27-17-12(19)8-11(9-15(17)26-2)18(23)28-10-16(22)20-13-6-4-5-7-14(13)21(24)25/h4-9H,3,10H2,1-2H3,(H,20,22). The zero-order valence-electron chi connectivity index (χ0n) is 15.1. The summed E-state index contributed by atoms with van der Waals surface area (Å²) in [5, 5.41) is 13.3. The summed E-state index contributed by atoms with van der Waals surface area (Å²) in [6, 6.07) is 8.56. The number of methoxy groups -OCH3 is 1. The number of amides is 1. The maximum absolute atomic E-state index is 12.2. The lowest BCUT2D eigenvalue weighted by molar-refractivity contribution is -0.383. The number of nitrogens with one attached hydrogen (secondary N) is 1. The quantitative estimate of drug-likeness (QED) is 0.369. The van der Waals surface area contributed by atoms with Gasteiger partial charge in [-0.25, -0.2) is 4.79 Å². The van der Waals surface area contributed by atoms with E-state index in [9.17, 15) is 19.7 Å². The van der Waals surface area contributed by atoms with Crippen molar-refractivity contribution in [1.82, 2.24) is 0 Å². The molecule has 28 heavy (non-hydrogen) atoms. The van der Waals surface area contributed by atoms with Crippen molar-refractivity contribution in [3.8, 4) is 11.5 Å². The van der Waals surface area contributed by atoms with E-state index in [-0.39, 0.29) is 16.9 Å². The van der Waals surface area contributed by atoms with E-state index in [0.717, 1.165) is 0 Å². The van der Waals surface area contributed by atoms with Gasteiger partial charge in [0.15, 0.2) is 18.1 Å². The minimum atomic E-state index is -0.764. The number of carbonyl (C=O) groups excluding carboxylic acids is 2. The topological polar surface area (TPSA) is 117 Å². The Labute approximate surface area is 168 Å². The van der Waals surface area contributed by atoms with Gasteiger partial charge in [-0.05, 0) is 41.1 Å². The molecule has 0 aliphatic rings. The van der Waals surface area contributed by atoms with E-state index in [1.807, 2.05) is 6.92 Å². The van der Waals surface area contributed by atoms with Gasteiger partial charge in [-0.3, -0.25) is 14.9 Å². The summed E-state index contributed by atoms with van der Waals surface area (Å²) < 4.78 is 16.1. The highest BCUT2D eigenvalue weighted by molar-refractivity contribution is 9.10. The van der Waals surface area contributed by atoms with E-state index in [4.69, 9.17) is 14.2 Å². The Bertz CT molecular complexity index is 901. The average molecular weight is 453 g/mol. The SMILES string of the molecule is CCOc1c(Br)cc(C(=O)OCC(=O)Nc2ccccc2[N+](=O)[O-])cc1OC. The van der Waals surface area contributed by atoms with Gasteiger partial charge in [-0.15, -0.1) is 0 Å². The Morgan fingerprint density at radius 2 is 1.96 bits per heavy atom. The molecule has 148 valence electrons. The zero-order valence-corrected chi connectivity index (χ0v) is 16.6. The van der Waals surface area contributed by atoms with Crippen molar-refractivity contribution in [2.45, 2.75) is 6.92 Å². The molecule has 2 aromatic rings. The van der Waals surface area contributed by atoms with Crippen LogP contribution in [0.4, 0.5) is 11.4 Å². The summed E-state index contributed by atoms with van der Waals surface area (Å²) in [5.41, 5.74) is -0.105. The van der Waals surface area contributed by atoms with Crippen LogP contribution in [0, 0.1) is 10.1 Å². The fourth-order valence-electron chi connectivity index (χ4n) is 2.26. The van der Waals surface area contributed by atoms with Crippen molar-refractivity contribution in [3.05, 3.63) is 56.5 Å². The molecule has 10 heteroatoms. The molecule has 1 amide bonds. The highest BCUT2D eigenvalue weighted by Crippen LogP contribution is 2.36. The van der Waals surface area contributed by atoms with Gasteiger partial charge in [0.25, 0.3) is 11.6 Å². The van der Waals surface area contributed by atoms with Gasteiger partial charge in [0.1, 0.15) is 5.69 Å². The van der Waals surface area contributed by atoms with Crippen molar-refractivity contribution in [2.75, 3.05) is 25.6 Å². The van der Waals surface area contributed by atoms with Crippen LogP contribution in [0.5, 0.6) is 11.5 Å². The Hall–Kier alpha value is -3.14. The summed E-state index contributed by atoms with van der Waals surface area (Å²) in [5.74, 6) is -0.706. The van der Waals surface area contributed by atoms with E-state index in [1.165, 1.54) is 37.4 Å². The van der Waals surface area contributed by atoms with Gasteiger partial charge >= 0.3 is 5.97 Å². The Kier molecular flexibility index (Phi) is 7.33. The van der Waals surface area contributed by atoms with Gasteiger partial charge in [0.05, 0.1) is 28.7 Å². The molecule has 0 saturated carbocycles. The number of esters is 1. The van der Waals surface area contributed by atoms with Crippen molar-refractivity contribution in [1.29, 1.82) is 0 Å². The molecule has 2 rings (SSSR count). The Morgan fingerprint density at radius 1 is 1.25 bits per heavy atom. The molecule has 0 bridgehead atoms. The largest absolute Gasteiger partial charge is 0.493 e. The summed E-state index contributed by atoms with van der Waals surface area (Å²) in [6.07, 6.45) is 0. The minimum absolute atomic E-state index is 0.0130. The number of rotatable bonds is 8. The second kappa shape index (κ2) is 9.70. The number of benzene rings is 2. The lowest BCUT2D eigenvalue weighted by Crippen LogP contribution is -2.21. The van der Waals surface area contributed by atoms with Crippen LogP contribution in [0.25, 0.3) is 0 Å². The van der Waals surface area contributed by atoms with E-state index >= 15 is 0 Å². The van der Waals surface area contributed by atoms with Crippen LogP contribution in [0.15, 0.2) is 40.9 Å². The molecule has 0 unspecified atom stereocenters. The van der Waals surface area contributed by atoms with E-state index in [0.29, 0.717) is 22.6 Å². The maximum atomic E-state index is 12.2. The molecule has 2 aromatic carbocycles. The molecule has 1 N–H and O–H groups in total. The van der Waals surface area contributed by atoms with E-state index in [1.54, 1.807) is 6.07 Å². The second-order valence-corrected chi connectivity index (χ2v) is 6.18. The van der Waals surface area contributed by atoms with Crippen molar-refractivity contribution in [3.63, 3.8) is 0 Å². The molecule has 0 heterocycles. The number of hydrogen-bond acceptors (Lipinski definition) is 7. The minimum Gasteiger partial charge on any atom is -0.493 e. The molecule has 0 saturated heterocycles. The van der Waals surface area contributed by atoms with Crippen LogP contribution >= 0.6 is 15.9 Å². The normalized spacial score (nSPS) is 10.1. The molecule has 0 atom stereocenters. The number of nitro benzene ring substituents is 1. The molecular weight excluding hydrogens is 436 g/mol. The maximum Gasteiger partial charge on any atom is 0.338 e. The summed E-state index contributed by atoms with van der Waals surface area (Å²) in [6.45, 7) is 1.60. The van der Waals surface area contributed by atoms with Crippen LogP contribution in [0.3, 0.4) is 0 Å². The molecule has 0 aliphatic carbocycles. The third-order valence-electron chi connectivity index (χ3n) is 3.46.